The Morgan fingerprint density at radius 3 is 2.27 bits per heavy atom. The van der Waals surface area contributed by atoms with Crippen molar-refractivity contribution in [2.45, 2.75) is 126 Å². The van der Waals surface area contributed by atoms with Crippen LogP contribution < -0.4 is 0 Å². The largest absolute Gasteiger partial charge is 0.393 e. The van der Waals surface area contributed by atoms with Crippen molar-refractivity contribution in [2.24, 2.45) is 39.4 Å². The van der Waals surface area contributed by atoms with Crippen LogP contribution in [0, 0.1) is 39.4 Å². The highest BCUT2D eigenvalue weighted by Gasteiger charge is 2.63. The quantitative estimate of drug-likeness (QED) is 0.393. The lowest BCUT2D eigenvalue weighted by Crippen LogP contribution is -2.55. The van der Waals surface area contributed by atoms with Crippen molar-refractivity contribution in [3.8, 4) is 0 Å². The molecule has 7 atom stereocenters. The van der Waals surface area contributed by atoms with E-state index in [1.54, 1.807) is 0 Å². The Kier molecular flexibility index (Phi) is 6.98. The van der Waals surface area contributed by atoms with Crippen LogP contribution in [0.3, 0.4) is 0 Å². The second-order valence-electron chi connectivity index (χ2n) is 13.9. The summed E-state index contributed by atoms with van der Waals surface area (Å²) in [4.78, 5) is 2.59. The minimum Gasteiger partial charge on any atom is -0.393 e. The second kappa shape index (κ2) is 8.95. The van der Waals surface area contributed by atoms with E-state index in [2.05, 4.69) is 60.3 Å². The number of hydrogen-bond acceptors (Lipinski definition) is 2. The SMILES string of the molecule is CCN(CC)CCC[C@@H](C)[C@H]1CC[C@@]2(C)C3=C(CC[C@]12C)[C@@]1(C)CC[C@H](O)C(C)(C)[C@@H]1CC3. The smallest absolute Gasteiger partial charge is 0.0594 e. The van der Waals surface area contributed by atoms with E-state index in [9.17, 15) is 5.11 Å². The lowest BCUT2D eigenvalue weighted by Gasteiger charge is -2.62. The third-order valence-electron chi connectivity index (χ3n) is 12.5. The second-order valence-corrected chi connectivity index (χ2v) is 13.9. The Balaban J connectivity index is 1.56. The summed E-state index contributed by atoms with van der Waals surface area (Å²) in [7, 11) is 0. The fraction of sp³-hybridized carbons (Fsp3) is 0.935. The molecule has 2 saturated carbocycles. The summed E-state index contributed by atoms with van der Waals surface area (Å²) in [5, 5.41) is 10.8. The third kappa shape index (κ3) is 3.80. The lowest BCUT2D eigenvalue weighted by molar-refractivity contribution is -0.0962. The summed E-state index contributed by atoms with van der Waals surface area (Å²) in [5.74, 6) is 2.35. The van der Waals surface area contributed by atoms with Crippen molar-refractivity contribution in [3.63, 3.8) is 0 Å². The molecule has 0 unspecified atom stereocenters. The average Bonchev–Trinajstić information content (AvgIpc) is 3.05. The molecule has 0 aliphatic heterocycles. The fourth-order valence-corrected chi connectivity index (χ4v) is 10.0. The van der Waals surface area contributed by atoms with Crippen molar-refractivity contribution in [1.29, 1.82) is 0 Å². The minimum absolute atomic E-state index is 0.0464. The molecule has 2 heteroatoms. The van der Waals surface area contributed by atoms with E-state index in [-0.39, 0.29) is 11.5 Å². The summed E-state index contributed by atoms with van der Waals surface area (Å²) in [6.45, 7) is 23.5. The van der Waals surface area contributed by atoms with Crippen molar-refractivity contribution in [3.05, 3.63) is 11.1 Å². The van der Waals surface area contributed by atoms with Gasteiger partial charge < -0.3 is 10.0 Å². The van der Waals surface area contributed by atoms with Crippen LogP contribution in [0.4, 0.5) is 0 Å². The molecular weight excluding hydrogens is 402 g/mol. The van der Waals surface area contributed by atoms with Crippen LogP contribution in [-0.4, -0.2) is 35.7 Å². The first-order valence-corrected chi connectivity index (χ1v) is 14.6. The van der Waals surface area contributed by atoms with Gasteiger partial charge in [0.2, 0.25) is 0 Å². The molecule has 0 aromatic rings. The average molecular weight is 458 g/mol. The van der Waals surface area contributed by atoms with Gasteiger partial charge in [-0.15, -0.1) is 0 Å². The predicted molar refractivity (Wildman–Crippen MR) is 141 cm³/mol. The zero-order chi connectivity index (χ0) is 24.2. The van der Waals surface area contributed by atoms with Crippen LogP contribution in [0.5, 0.6) is 0 Å². The Hall–Kier alpha value is -0.340. The molecule has 4 aliphatic rings. The molecule has 33 heavy (non-hydrogen) atoms. The minimum atomic E-state index is -0.129. The van der Waals surface area contributed by atoms with Crippen LogP contribution in [0.15, 0.2) is 11.1 Å². The van der Waals surface area contributed by atoms with Gasteiger partial charge in [0.1, 0.15) is 0 Å². The van der Waals surface area contributed by atoms with Gasteiger partial charge in [0, 0.05) is 0 Å². The Morgan fingerprint density at radius 1 is 0.909 bits per heavy atom. The normalized spacial score (nSPS) is 43.3. The van der Waals surface area contributed by atoms with Crippen LogP contribution in [0.2, 0.25) is 0 Å². The number of nitrogens with zero attached hydrogens (tertiary/aromatic N) is 1. The van der Waals surface area contributed by atoms with Crippen molar-refractivity contribution in [1.82, 2.24) is 4.90 Å². The van der Waals surface area contributed by atoms with E-state index >= 15 is 0 Å². The number of fused-ring (bicyclic) bond motifs is 4. The van der Waals surface area contributed by atoms with Crippen molar-refractivity contribution in [2.75, 3.05) is 19.6 Å². The molecule has 4 aliphatic carbocycles. The monoisotopic (exact) mass is 457 g/mol. The molecule has 0 saturated heterocycles. The summed E-state index contributed by atoms with van der Waals surface area (Å²) in [5.41, 5.74) is 4.97. The Labute approximate surface area is 206 Å². The van der Waals surface area contributed by atoms with Crippen LogP contribution in [0.25, 0.3) is 0 Å². The molecular formula is C31H55NO. The molecule has 0 amide bonds. The molecule has 0 spiro atoms. The van der Waals surface area contributed by atoms with Gasteiger partial charge in [-0.1, -0.05) is 66.5 Å². The molecule has 0 aromatic carbocycles. The zero-order valence-corrected chi connectivity index (χ0v) is 23.4. The van der Waals surface area contributed by atoms with Gasteiger partial charge >= 0.3 is 0 Å². The van der Waals surface area contributed by atoms with Gasteiger partial charge in [-0.25, -0.2) is 0 Å². The van der Waals surface area contributed by atoms with E-state index in [0.717, 1.165) is 18.3 Å². The molecule has 0 heterocycles. The van der Waals surface area contributed by atoms with Gasteiger partial charge in [-0.2, -0.15) is 0 Å². The summed E-state index contributed by atoms with van der Waals surface area (Å²) >= 11 is 0. The Morgan fingerprint density at radius 2 is 1.61 bits per heavy atom. The summed E-state index contributed by atoms with van der Waals surface area (Å²) in [6.07, 6.45) is 12.9. The first kappa shape index (κ1) is 25.7. The number of allylic oxidation sites excluding steroid dienone is 2. The molecule has 0 aromatic heterocycles. The number of aliphatic hydroxyl groups is 1. The van der Waals surface area contributed by atoms with E-state index in [0.29, 0.717) is 22.2 Å². The maximum Gasteiger partial charge on any atom is 0.0594 e. The first-order valence-electron chi connectivity index (χ1n) is 14.6. The van der Waals surface area contributed by atoms with Gasteiger partial charge in [-0.05, 0) is 123 Å². The van der Waals surface area contributed by atoms with E-state index < -0.39 is 0 Å². The van der Waals surface area contributed by atoms with Gasteiger partial charge in [0.15, 0.2) is 0 Å². The molecule has 0 bridgehead atoms. The first-order chi connectivity index (χ1) is 15.5. The van der Waals surface area contributed by atoms with E-state index in [1.807, 2.05) is 11.1 Å². The van der Waals surface area contributed by atoms with E-state index in [4.69, 9.17) is 0 Å². The standard InChI is InChI=1S/C31H55NO/c1-9-32(10-2)21-11-12-22(3)23-15-19-31(8)25-13-14-26-28(4,5)27(33)17-18-29(26,6)24(25)16-20-30(23,31)7/h22-23,26-27,33H,9-21H2,1-8H3/t22-,23-,26+,27+,29-,30-,31+/m1/s1. The Bertz CT molecular complexity index is 750. The molecule has 2 nitrogen and oxygen atoms in total. The summed E-state index contributed by atoms with van der Waals surface area (Å²) < 4.78 is 0. The maximum absolute atomic E-state index is 10.8. The zero-order valence-electron chi connectivity index (χ0n) is 23.4. The highest BCUT2D eigenvalue weighted by molar-refractivity contribution is 5.38. The van der Waals surface area contributed by atoms with Crippen molar-refractivity contribution >= 4 is 0 Å². The maximum atomic E-state index is 10.8. The summed E-state index contributed by atoms with van der Waals surface area (Å²) in [6, 6.07) is 0. The highest BCUT2D eigenvalue weighted by atomic mass is 16.3. The number of rotatable bonds is 7. The number of hydrogen-bond donors (Lipinski definition) is 1. The molecule has 0 radical (unpaired) electrons. The van der Waals surface area contributed by atoms with Gasteiger partial charge in [0.05, 0.1) is 6.10 Å². The molecule has 4 rings (SSSR count). The van der Waals surface area contributed by atoms with Crippen LogP contribution >= 0.6 is 0 Å². The molecule has 190 valence electrons. The topological polar surface area (TPSA) is 23.5 Å². The molecule has 2 fully saturated rings. The van der Waals surface area contributed by atoms with E-state index in [1.165, 1.54) is 77.4 Å². The van der Waals surface area contributed by atoms with Crippen LogP contribution in [-0.2, 0) is 0 Å². The molecule has 1 N–H and O–H groups in total. The number of aliphatic hydroxyl groups excluding tert-OH is 1. The lowest BCUT2D eigenvalue weighted by atomic mass is 9.43. The van der Waals surface area contributed by atoms with Crippen LogP contribution in [0.1, 0.15) is 120 Å². The van der Waals surface area contributed by atoms with Gasteiger partial charge in [-0.3, -0.25) is 0 Å². The third-order valence-corrected chi connectivity index (χ3v) is 12.5. The van der Waals surface area contributed by atoms with Crippen molar-refractivity contribution < 1.29 is 5.11 Å². The predicted octanol–water partition coefficient (Wildman–Crippen LogP) is 7.85. The fourth-order valence-electron chi connectivity index (χ4n) is 10.0. The van der Waals surface area contributed by atoms with Gasteiger partial charge in [0.25, 0.3) is 0 Å². The highest BCUT2D eigenvalue weighted by Crippen LogP contribution is 2.72.